The van der Waals surface area contributed by atoms with Crippen LogP contribution in [-0.2, 0) is 6.42 Å². The van der Waals surface area contributed by atoms with E-state index in [2.05, 4.69) is 0 Å². The van der Waals surface area contributed by atoms with Crippen LogP contribution in [0.2, 0.25) is 0 Å². The number of halogens is 1. The molecule has 1 aromatic heterocycles. The van der Waals surface area contributed by atoms with Gasteiger partial charge >= 0.3 is 0 Å². The average molecular weight is 332 g/mol. The van der Waals surface area contributed by atoms with Crippen LogP contribution in [0.3, 0.4) is 0 Å². The minimum absolute atomic E-state index is 0. The summed E-state index contributed by atoms with van der Waals surface area (Å²) in [4.78, 5) is 12.3. The molecule has 0 saturated carbocycles. The average Bonchev–Trinajstić information content (AvgIpc) is 2.99. The maximum Gasteiger partial charge on any atom is 0.235 e. The molecular weight excluding hydrogens is 318 g/mol. The van der Waals surface area contributed by atoms with E-state index in [1.807, 2.05) is 12.1 Å². The summed E-state index contributed by atoms with van der Waals surface area (Å²) in [5.74, 6) is 0.591. The predicted octanol–water partition coefficient (Wildman–Crippen LogP) is 3.10. The van der Waals surface area contributed by atoms with E-state index >= 15 is 0 Å². The lowest BCUT2D eigenvalue weighted by molar-refractivity contribution is 0.357. The van der Waals surface area contributed by atoms with Crippen molar-refractivity contribution in [2.75, 3.05) is 12.3 Å². The number of benzene rings is 2. The third-order valence-corrected chi connectivity index (χ3v) is 3.84. The predicted molar refractivity (Wildman–Crippen MR) is 90.4 cm³/mol. The highest BCUT2D eigenvalue weighted by Crippen LogP contribution is 2.34. The van der Waals surface area contributed by atoms with Crippen LogP contribution in [0.1, 0.15) is 5.56 Å². The van der Waals surface area contributed by atoms with Crippen LogP contribution in [0.4, 0.5) is 5.69 Å². The zero-order valence-electron chi connectivity index (χ0n) is 12.0. The Hall–Kier alpha value is -2.66. The van der Waals surface area contributed by atoms with E-state index in [4.69, 9.17) is 14.9 Å². The molecule has 0 spiro atoms. The Morgan fingerprint density at radius 1 is 1.13 bits per heavy atom. The van der Waals surface area contributed by atoms with E-state index in [0.717, 1.165) is 17.7 Å². The molecule has 1 aliphatic rings. The Morgan fingerprint density at radius 2 is 1.96 bits per heavy atom. The molecule has 3 aromatic rings. The smallest absolute Gasteiger partial charge is 0.235 e. The van der Waals surface area contributed by atoms with Gasteiger partial charge in [0.2, 0.25) is 11.2 Å². The lowest BCUT2D eigenvalue weighted by Gasteiger charge is -2.07. The molecule has 6 heteroatoms. The summed E-state index contributed by atoms with van der Waals surface area (Å²) in [6.07, 6.45) is 0.804. The molecule has 0 amide bonds. The molecule has 0 unspecified atom stereocenters. The number of nitrogens with two attached hydrogens (primary N) is 1. The molecule has 0 fully saturated rings. The van der Waals surface area contributed by atoms with Gasteiger partial charge in [0, 0.05) is 17.7 Å². The van der Waals surface area contributed by atoms with Crippen molar-refractivity contribution in [2.45, 2.75) is 6.42 Å². The Labute approximate surface area is 137 Å². The van der Waals surface area contributed by atoms with Crippen molar-refractivity contribution in [1.82, 2.24) is 0 Å². The fourth-order valence-corrected chi connectivity index (χ4v) is 2.73. The molecule has 0 radical (unpaired) electrons. The number of ether oxygens (including phenoxy) is 1. The van der Waals surface area contributed by atoms with Crippen LogP contribution >= 0.6 is 12.4 Å². The fraction of sp³-hybridized carbons (Fsp3) is 0.118. The molecular formula is C17H14ClNO4. The lowest BCUT2D eigenvalue weighted by atomic mass is 10.1. The largest absolute Gasteiger partial charge is 0.502 e. The molecule has 0 bridgehead atoms. The van der Waals surface area contributed by atoms with Crippen molar-refractivity contribution in [1.29, 1.82) is 0 Å². The van der Waals surface area contributed by atoms with Gasteiger partial charge in [-0.15, -0.1) is 12.4 Å². The minimum Gasteiger partial charge on any atom is -0.502 e. The topological polar surface area (TPSA) is 85.7 Å². The molecule has 3 N–H and O–H groups in total. The van der Waals surface area contributed by atoms with Gasteiger partial charge in [-0.25, -0.2) is 0 Å². The van der Waals surface area contributed by atoms with E-state index < -0.39 is 11.2 Å². The number of aromatic hydroxyl groups is 1. The van der Waals surface area contributed by atoms with Crippen molar-refractivity contribution in [3.8, 4) is 22.8 Å². The minimum atomic E-state index is -0.486. The highest BCUT2D eigenvalue weighted by Gasteiger charge is 2.18. The Morgan fingerprint density at radius 3 is 2.78 bits per heavy atom. The second-order valence-electron chi connectivity index (χ2n) is 5.29. The van der Waals surface area contributed by atoms with Gasteiger partial charge in [0.15, 0.2) is 5.76 Å². The van der Waals surface area contributed by atoms with Gasteiger partial charge in [0.1, 0.15) is 11.3 Å². The SMILES string of the molecule is Cl.Nc1ccc2oc(-c3ccc4c(c3)CCO4)c(O)c(=O)c2c1. The number of nitrogen functional groups attached to an aromatic ring is 1. The molecule has 5 nitrogen and oxygen atoms in total. The molecule has 118 valence electrons. The number of anilines is 1. The number of rotatable bonds is 1. The maximum absolute atomic E-state index is 12.3. The summed E-state index contributed by atoms with van der Waals surface area (Å²) < 4.78 is 11.2. The molecule has 0 atom stereocenters. The van der Waals surface area contributed by atoms with E-state index in [1.165, 1.54) is 6.07 Å². The Balaban J connectivity index is 0.00000156. The third kappa shape index (κ3) is 2.39. The van der Waals surface area contributed by atoms with E-state index in [0.29, 0.717) is 23.4 Å². The second kappa shape index (κ2) is 5.52. The standard InChI is InChI=1S/C17H13NO4.ClH/c18-11-2-4-14-12(8-11)15(19)16(20)17(22-14)10-1-3-13-9(7-10)5-6-21-13;/h1-4,7-8,20H,5-6,18H2;1H. The molecule has 4 rings (SSSR count). The zero-order chi connectivity index (χ0) is 15.3. The Bertz CT molecular complexity index is 965. The molecule has 23 heavy (non-hydrogen) atoms. The summed E-state index contributed by atoms with van der Waals surface area (Å²) in [5, 5.41) is 10.5. The first-order chi connectivity index (χ1) is 10.6. The molecule has 2 heterocycles. The number of hydrogen-bond donors (Lipinski definition) is 2. The van der Waals surface area contributed by atoms with Crippen LogP contribution in [-0.4, -0.2) is 11.7 Å². The molecule has 0 saturated heterocycles. The normalized spacial score (nSPS) is 12.5. The number of fused-ring (bicyclic) bond motifs is 2. The van der Waals surface area contributed by atoms with E-state index in [1.54, 1.807) is 18.2 Å². The quantitative estimate of drug-likeness (QED) is 0.669. The molecule has 1 aliphatic heterocycles. The lowest BCUT2D eigenvalue weighted by Crippen LogP contribution is -2.03. The summed E-state index contributed by atoms with van der Waals surface area (Å²) in [6, 6.07) is 10.3. The fourth-order valence-electron chi connectivity index (χ4n) is 2.73. The van der Waals surface area contributed by atoms with E-state index in [9.17, 15) is 9.90 Å². The molecule has 0 aliphatic carbocycles. The van der Waals surface area contributed by atoms with Gasteiger partial charge in [-0.3, -0.25) is 4.79 Å². The van der Waals surface area contributed by atoms with Gasteiger partial charge in [0.05, 0.1) is 12.0 Å². The van der Waals surface area contributed by atoms with Crippen LogP contribution in [0, 0.1) is 0 Å². The second-order valence-corrected chi connectivity index (χ2v) is 5.29. The van der Waals surface area contributed by atoms with Gasteiger partial charge in [-0.05, 0) is 42.0 Å². The third-order valence-electron chi connectivity index (χ3n) is 3.84. The van der Waals surface area contributed by atoms with E-state index in [-0.39, 0.29) is 23.6 Å². The first-order valence-electron chi connectivity index (χ1n) is 6.95. The monoisotopic (exact) mass is 331 g/mol. The van der Waals surface area contributed by atoms with Crippen LogP contribution in [0.25, 0.3) is 22.3 Å². The highest BCUT2D eigenvalue weighted by molar-refractivity contribution is 5.85. The van der Waals surface area contributed by atoms with Crippen LogP contribution in [0.15, 0.2) is 45.6 Å². The first-order valence-corrected chi connectivity index (χ1v) is 6.95. The van der Waals surface area contributed by atoms with Crippen molar-refractivity contribution < 1.29 is 14.3 Å². The van der Waals surface area contributed by atoms with Gasteiger partial charge in [-0.1, -0.05) is 0 Å². The van der Waals surface area contributed by atoms with Crippen molar-refractivity contribution in [3.05, 3.63) is 52.2 Å². The summed E-state index contributed by atoms with van der Waals surface area (Å²) in [6.45, 7) is 0.645. The van der Waals surface area contributed by atoms with Crippen LogP contribution in [0.5, 0.6) is 11.5 Å². The maximum atomic E-state index is 12.3. The number of hydrogen-bond acceptors (Lipinski definition) is 5. The summed E-state index contributed by atoms with van der Waals surface area (Å²) in [5.41, 5.74) is 7.72. The Kier molecular flexibility index (Phi) is 3.66. The van der Waals surface area contributed by atoms with Gasteiger partial charge in [-0.2, -0.15) is 0 Å². The first kappa shape index (κ1) is 15.2. The highest BCUT2D eigenvalue weighted by atomic mass is 35.5. The van der Waals surface area contributed by atoms with Crippen molar-refractivity contribution in [2.24, 2.45) is 0 Å². The van der Waals surface area contributed by atoms with Crippen molar-refractivity contribution >= 4 is 29.1 Å². The summed E-state index contributed by atoms with van der Waals surface area (Å²) in [7, 11) is 0. The summed E-state index contributed by atoms with van der Waals surface area (Å²) >= 11 is 0. The van der Waals surface area contributed by atoms with Gasteiger partial charge < -0.3 is 20.0 Å². The van der Waals surface area contributed by atoms with Crippen molar-refractivity contribution in [3.63, 3.8) is 0 Å². The van der Waals surface area contributed by atoms with Gasteiger partial charge in [0.25, 0.3) is 0 Å². The molecule has 2 aromatic carbocycles. The van der Waals surface area contributed by atoms with Crippen LogP contribution < -0.4 is 15.9 Å². The zero-order valence-corrected chi connectivity index (χ0v) is 12.9.